The third kappa shape index (κ3) is 5.47. The van der Waals surface area contributed by atoms with E-state index in [4.69, 9.17) is 4.74 Å². The molecule has 1 rings (SSSR count). The molecule has 2 heteroatoms. The van der Waals surface area contributed by atoms with Gasteiger partial charge in [0, 0.05) is 0 Å². The van der Waals surface area contributed by atoms with Crippen LogP contribution in [-0.2, 0) is 16.1 Å². The predicted molar refractivity (Wildman–Crippen MR) is 92.5 cm³/mol. The summed E-state index contributed by atoms with van der Waals surface area (Å²) in [4.78, 5) is 12.7. The molecule has 1 atom stereocenters. The minimum Gasteiger partial charge on any atom is -0.461 e. The highest BCUT2D eigenvalue weighted by Crippen LogP contribution is 2.40. The Morgan fingerprint density at radius 1 is 1.05 bits per heavy atom. The number of ether oxygens (including phenoxy) is 1. The van der Waals surface area contributed by atoms with Crippen molar-refractivity contribution < 1.29 is 9.53 Å². The maximum absolute atomic E-state index is 12.7. The fourth-order valence-corrected chi connectivity index (χ4v) is 2.45. The van der Waals surface area contributed by atoms with E-state index in [2.05, 4.69) is 41.5 Å². The van der Waals surface area contributed by atoms with Gasteiger partial charge in [0.05, 0.1) is 5.92 Å². The molecular formula is C20H32O2. The molecule has 0 fully saturated rings. The van der Waals surface area contributed by atoms with Crippen molar-refractivity contribution in [2.24, 2.45) is 16.7 Å². The average molecular weight is 304 g/mol. The van der Waals surface area contributed by atoms with Crippen LogP contribution in [0.2, 0.25) is 0 Å². The van der Waals surface area contributed by atoms with Gasteiger partial charge in [0.1, 0.15) is 6.61 Å². The molecule has 1 aromatic carbocycles. The van der Waals surface area contributed by atoms with Crippen molar-refractivity contribution in [2.45, 2.75) is 67.4 Å². The molecule has 22 heavy (non-hydrogen) atoms. The van der Waals surface area contributed by atoms with Gasteiger partial charge in [-0.15, -0.1) is 0 Å². The summed E-state index contributed by atoms with van der Waals surface area (Å²) in [5.74, 6) is -0.117. The molecule has 0 aliphatic carbocycles. The number of hydrogen-bond acceptors (Lipinski definition) is 2. The first-order chi connectivity index (χ1) is 10.2. The molecule has 124 valence electrons. The van der Waals surface area contributed by atoms with Gasteiger partial charge in [0.25, 0.3) is 0 Å². The smallest absolute Gasteiger partial charge is 0.309 e. The molecule has 0 radical (unpaired) electrons. The van der Waals surface area contributed by atoms with Crippen LogP contribution in [-0.4, -0.2) is 5.97 Å². The minimum absolute atomic E-state index is 0.0415. The van der Waals surface area contributed by atoms with E-state index < -0.39 is 0 Å². The second kappa shape index (κ2) is 7.80. The summed E-state index contributed by atoms with van der Waals surface area (Å²) in [6, 6.07) is 9.89. The zero-order valence-corrected chi connectivity index (χ0v) is 15.1. The van der Waals surface area contributed by atoms with Gasteiger partial charge in [0.15, 0.2) is 0 Å². The number of esters is 1. The fourth-order valence-electron chi connectivity index (χ4n) is 2.45. The third-order valence-electron chi connectivity index (χ3n) is 5.08. The molecule has 0 bridgehead atoms. The Labute approximate surface area is 136 Å². The van der Waals surface area contributed by atoms with Crippen molar-refractivity contribution >= 4 is 5.97 Å². The van der Waals surface area contributed by atoms with Crippen molar-refractivity contribution in [3.8, 4) is 0 Å². The molecule has 0 N–H and O–H groups in total. The van der Waals surface area contributed by atoms with Gasteiger partial charge >= 0.3 is 5.97 Å². The van der Waals surface area contributed by atoms with Gasteiger partial charge in [-0.25, -0.2) is 0 Å². The summed E-state index contributed by atoms with van der Waals surface area (Å²) in [6.07, 6.45) is 2.91. The average Bonchev–Trinajstić information content (AvgIpc) is 2.51. The lowest BCUT2D eigenvalue weighted by Gasteiger charge is -2.37. The molecule has 0 saturated heterocycles. The first-order valence-electron chi connectivity index (χ1n) is 8.42. The largest absolute Gasteiger partial charge is 0.461 e. The van der Waals surface area contributed by atoms with Crippen LogP contribution in [0.25, 0.3) is 0 Å². The molecule has 0 spiro atoms. The molecule has 1 unspecified atom stereocenters. The zero-order chi connectivity index (χ0) is 16.8. The van der Waals surface area contributed by atoms with E-state index in [0.717, 1.165) is 24.8 Å². The summed E-state index contributed by atoms with van der Waals surface area (Å²) in [6.45, 7) is 13.5. The van der Waals surface area contributed by atoms with E-state index in [1.165, 1.54) is 0 Å². The number of carbonyl (C=O) groups is 1. The molecule has 0 heterocycles. The Hall–Kier alpha value is -1.31. The van der Waals surface area contributed by atoms with Crippen LogP contribution in [0.4, 0.5) is 0 Å². The number of benzene rings is 1. The van der Waals surface area contributed by atoms with Gasteiger partial charge in [-0.3, -0.25) is 4.79 Å². The summed E-state index contributed by atoms with van der Waals surface area (Å²) in [7, 11) is 0. The molecule has 0 amide bonds. The van der Waals surface area contributed by atoms with E-state index in [1.807, 2.05) is 30.3 Å². The summed E-state index contributed by atoms with van der Waals surface area (Å²) < 4.78 is 5.63. The second-order valence-electron chi connectivity index (χ2n) is 7.71. The summed E-state index contributed by atoms with van der Waals surface area (Å²) in [5, 5.41) is 0. The summed E-state index contributed by atoms with van der Waals surface area (Å²) >= 11 is 0. The van der Waals surface area contributed by atoms with Crippen LogP contribution in [0.1, 0.15) is 66.4 Å². The lowest BCUT2D eigenvalue weighted by Crippen LogP contribution is -2.35. The van der Waals surface area contributed by atoms with Crippen LogP contribution >= 0.6 is 0 Å². The van der Waals surface area contributed by atoms with E-state index in [1.54, 1.807) is 0 Å². The first-order valence-corrected chi connectivity index (χ1v) is 8.42. The van der Waals surface area contributed by atoms with E-state index >= 15 is 0 Å². The molecule has 0 aromatic heterocycles. The maximum atomic E-state index is 12.7. The van der Waals surface area contributed by atoms with Crippen LogP contribution in [0, 0.1) is 16.7 Å². The van der Waals surface area contributed by atoms with Crippen molar-refractivity contribution in [3.63, 3.8) is 0 Å². The predicted octanol–water partition coefficient (Wildman–Crippen LogP) is 5.61. The highest BCUT2D eigenvalue weighted by Gasteiger charge is 2.38. The zero-order valence-electron chi connectivity index (χ0n) is 15.1. The maximum Gasteiger partial charge on any atom is 0.309 e. The molecule has 0 aliphatic heterocycles. The van der Waals surface area contributed by atoms with Gasteiger partial charge in [0.2, 0.25) is 0 Å². The Bertz CT molecular complexity index is 460. The van der Waals surface area contributed by atoms with Gasteiger partial charge in [-0.1, -0.05) is 84.7 Å². The number of rotatable bonds is 8. The lowest BCUT2D eigenvalue weighted by atomic mass is 9.68. The third-order valence-corrected chi connectivity index (χ3v) is 5.08. The minimum atomic E-state index is -0.0591. The standard InChI is InChI=1S/C20H32O2/c1-7-19(3,4)14-17(20(5,6)8-2)18(21)22-15-16-12-10-9-11-13-16/h9-13,17H,7-8,14-15H2,1-6H3. The van der Waals surface area contributed by atoms with Crippen molar-refractivity contribution in [1.29, 1.82) is 0 Å². The topological polar surface area (TPSA) is 26.3 Å². The Balaban J connectivity index is 2.80. The van der Waals surface area contributed by atoms with E-state index in [-0.39, 0.29) is 22.7 Å². The molecule has 2 nitrogen and oxygen atoms in total. The van der Waals surface area contributed by atoms with Crippen molar-refractivity contribution in [1.82, 2.24) is 0 Å². The Morgan fingerprint density at radius 3 is 2.14 bits per heavy atom. The lowest BCUT2D eigenvalue weighted by molar-refractivity contribution is -0.156. The van der Waals surface area contributed by atoms with Crippen molar-refractivity contribution in [3.05, 3.63) is 35.9 Å². The van der Waals surface area contributed by atoms with Gasteiger partial charge in [-0.05, 0) is 22.8 Å². The van der Waals surface area contributed by atoms with Gasteiger partial charge < -0.3 is 4.74 Å². The molecule has 0 saturated carbocycles. The van der Waals surface area contributed by atoms with Crippen LogP contribution < -0.4 is 0 Å². The van der Waals surface area contributed by atoms with E-state index in [9.17, 15) is 4.79 Å². The molecule has 0 aliphatic rings. The number of hydrogen-bond donors (Lipinski definition) is 0. The quantitative estimate of drug-likeness (QED) is 0.584. The highest BCUT2D eigenvalue weighted by molar-refractivity contribution is 5.73. The second-order valence-corrected chi connectivity index (χ2v) is 7.71. The summed E-state index contributed by atoms with van der Waals surface area (Å²) in [5.41, 5.74) is 1.15. The van der Waals surface area contributed by atoms with Gasteiger partial charge in [-0.2, -0.15) is 0 Å². The van der Waals surface area contributed by atoms with Crippen LogP contribution in [0.5, 0.6) is 0 Å². The normalized spacial score (nSPS) is 13.7. The first kappa shape index (κ1) is 18.7. The highest BCUT2D eigenvalue weighted by atomic mass is 16.5. The Kier molecular flexibility index (Phi) is 6.65. The monoisotopic (exact) mass is 304 g/mol. The SMILES string of the molecule is CCC(C)(C)CC(C(=O)OCc1ccccc1)C(C)(C)CC. The van der Waals surface area contributed by atoms with E-state index in [0.29, 0.717) is 6.61 Å². The molecule has 1 aromatic rings. The molecular weight excluding hydrogens is 272 g/mol. The van der Waals surface area contributed by atoms with Crippen LogP contribution in [0.15, 0.2) is 30.3 Å². The number of carbonyl (C=O) groups excluding carboxylic acids is 1. The van der Waals surface area contributed by atoms with Crippen LogP contribution in [0.3, 0.4) is 0 Å². The Morgan fingerprint density at radius 2 is 1.64 bits per heavy atom. The van der Waals surface area contributed by atoms with Crippen molar-refractivity contribution in [2.75, 3.05) is 0 Å². The fraction of sp³-hybridized carbons (Fsp3) is 0.650.